The van der Waals surface area contributed by atoms with Crippen molar-refractivity contribution in [3.8, 4) is 0 Å². The molecule has 1 atom stereocenters. The summed E-state index contributed by atoms with van der Waals surface area (Å²) in [6.07, 6.45) is 0.560. The monoisotopic (exact) mass is 256 g/mol. The van der Waals surface area contributed by atoms with E-state index in [1.807, 2.05) is 0 Å². The van der Waals surface area contributed by atoms with Gasteiger partial charge in [0.25, 0.3) is 0 Å². The molecular weight excluding hydrogens is 247 g/mol. The Balaban J connectivity index is 3.28. The summed E-state index contributed by atoms with van der Waals surface area (Å²) >= 11 is 0.637. The van der Waals surface area contributed by atoms with E-state index >= 15 is 0 Å². The van der Waals surface area contributed by atoms with Crippen molar-refractivity contribution >= 4 is 11.8 Å². The van der Waals surface area contributed by atoms with Gasteiger partial charge in [0.2, 0.25) is 5.82 Å². The number of benzene rings is 1. The lowest BCUT2D eigenvalue weighted by atomic mass is 10.3. The molecular formula is C10H9F5S. The second-order valence-corrected chi connectivity index (χ2v) is 4.68. The maximum atomic E-state index is 13.2. The van der Waals surface area contributed by atoms with E-state index in [4.69, 9.17) is 0 Å². The molecule has 0 nitrogen and oxygen atoms in total. The predicted molar refractivity (Wildman–Crippen MR) is 51.8 cm³/mol. The Morgan fingerprint density at radius 2 is 1.25 bits per heavy atom. The number of hydrogen-bond donors (Lipinski definition) is 0. The highest BCUT2D eigenvalue weighted by atomic mass is 32.2. The van der Waals surface area contributed by atoms with Crippen LogP contribution in [0.4, 0.5) is 22.0 Å². The first kappa shape index (κ1) is 13.3. The fourth-order valence-corrected chi connectivity index (χ4v) is 1.93. The third-order valence-electron chi connectivity index (χ3n) is 2.06. The molecule has 6 heteroatoms. The molecule has 0 amide bonds. The third kappa shape index (κ3) is 2.31. The summed E-state index contributed by atoms with van der Waals surface area (Å²) in [5.41, 5.74) is 0. The molecule has 0 aromatic heterocycles. The van der Waals surface area contributed by atoms with Crippen molar-refractivity contribution in [1.82, 2.24) is 0 Å². The van der Waals surface area contributed by atoms with Gasteiger partial charge in [0.1, 0.15) is 0 Å². The van der Waals surface area contributed by atoms with E-state index in [9.17, 15) is 22.0 Å². The Kier molecular flexibility index (Phi) is 4.18. The first-order valence-electron chi connectivity index (χ1n) is 4.58. The van der Waals surface area contributed by atoms with Crippen LogP contribution >= 0.6 is 11.8 Å². The topological polar surface area (TPSA) is 0 Å². The van der Waals surface area contributed by atoms with Gasteiger partial charge in [-0.15, -0.1) is 11.8 Å². The van der Waals surface area contributed by atoms with E-state index < -0.39 is 34.0 Å². The molecule has 90 valence electrons. The molecule has 0 heterocycles. The Morgan fingerprint density at radius 1 is 0.875 bits per heavy atom. The molecule has 1 aromatic rings. The molecule has 0 saturated heterocycles. The maximum absolute atomic E-state index is 13.2. The summed E-state index contributed by atoms with van der Waals surface area (Å²) < 4.78 is 64.6. The molecule has 0 radical (unpaired) electrons. The highest BCUT2D eigenvalue weighted by Gasteiger charge is 2.26. The van der Waals surface area contributed by atoms with Crippen molar-refractivity contribution in [1.29, 1.82) is 0 Å². The lowest BCUT2D eigenvalue weighted by Gasteiger charge is -2.11. The van der Waals surface area contributed by atoms with E-state index in [0.717, 1.165) is 0 Å². The number of halogens is 5. The molecule has 0 aliphatic carbocycles. The van der Waals surface area contributed by atoms with Crippen LogP contribution in [0.5, 0.6) is 0 Å². The van der Waals surface area contributed by atoms with Gasteiger partial charge in [0.15, 0.2) is 23.3 Å². The zero-order valence-electron chi connectivity index (χ0n) is 8.58. The van der Waals surface area contributed by atoms with Gasteiger partial charge in [0.05, 0.1) is 4.90 Å². The Hall–Kier alpha value is -0.780. The van der Waals surface area contributed by atoms with Gasteiger partial charge in [0, 0.05) is 5.25 Å². The summed E-state index contributed by atoms with van der Waals surface area (Å²) in [7, 11) is 0. The van der Waals surface area contributed by atoms with Crippen molar-refractivity contribution in [2.75, 3.05) is 0 Å². The van der Waals surface area contributed by atoms with Crippen LogP contribution in [0.2, 0.25) is 0 Å². The van der Waals surface area contributed by atoms with Gasteiger partial charge in [-0.05, 0) is 6.42 Å². The van der Waals surface area contributed by atoms with Gasteiger partial charge in [-0.1, -0.05) is 13.8 Å². The molecule has 16 heavy (non-hydrogen) atoms. The van der Waals surface area contributed by atoms with E-state index in [-0.39, 0.29) is 5.25 Å². The van der Waals surface area contributed by atoms with E-state index in [0.29, 0.717) is 18.2 Å². The first-order valence-corrected chi connectivity index (χ1v) is 5.46. The molecule has 0 saturated carbocycles. The fraction of sp³-hybridized carbons (Fsp3) is 0.400. The lowest BCUT2D eigenvalue weighted by molar-refractivity contribution is 0.360. The van der Waals surface area contributed by atoms with Crippen LogP contribution < -0.4 is 0 Å². The van der Waals surface area contributed by atoms with E-state index in [1.54, 1.807) is 13.8 Å². The van der Waals surface area contributed by atoms with E-state index in [1.165, 1.54) is 0 Å². The van der Waals surface area contributed by atoms with Gasteiger partial charge in [-0.3, -0.25) is 0 Å². The highest BCUT2D eigenvalue weighted by molar-refractivity contribution is 8.00. The zero-order chi connectivity index (χ0) is 12.5. The molecule has 1 unspecified atom stereocenters. The minimum atomic E-state index is -2.12. The van der Waals surface area contributed by atoms with Crippen molar-refractivity contribution in [2.24, 2.45) is 0 Å². The minimum Gasteiger partial charge on any atom is -0.202 e. The van der Waals surface area contributed by atoms with E-state index in [2.05, 4.69) is 0 Å². The van der Waals surface area contributed by atoms with Crippen molar-refractivity contribution < 1.29 is 22.0 Å². The standard InChI is InChI=1S/C10H9F5S/c1-3-4(2)16-10-8(14)6(12)5(11)7(13)9(10)15/h4H,3H2,1-2H3. The van der Waals surface area contributed by atoms with Crippen molar-refractivity contribution in [2.45, 2.75) is 30.4 Å². The molecule has 0 N–H and O–H groups in total. The normalized spacial score (nSPS) is 12.9. The van der Waals surface area contributed by atoms with Gasteiger partial charge < -0.3 is 0 Å². The SMILES string of the molecule is CCC(C)Sc1c(F)c(F)c(F)c(F)c1F. The molecule has 0 fully saturated rings. The molecule has 0 bridgehead atoms. The average molecular weight is 256 g/mol. The summed E-state index contributed by atoms with van der Waals surface area (Å²) in [6.45, 7) is 3.40. The second kappa shape index (κ2) is 5.03. The van der Waals surface area contributed by atoms with Gasteiger partial charge >= 0.3 is 0 Å². The van der Waals surface area contributed by atoms with Gasteiger partial charge in [-0.2, -0.15) is 0 Å². The van der Waals surface area contributed by atoms with Gasteiger partial charge in [-0.25, -0.2) is 22.0 Å². The molecule has 0 aliphatic rings. The van der Waals surface area contributed by atoms with Crippen LogP contribution in [-0.4, -0.2) is 5.25 Å². The summed E-state index contributed by atoms with van der Waals surface area (Å²) in [4.78, 5) is -0.814. The lowest BCUT2D eigenvalue weighted by Crippen LogP contribution is -2.05. The Labute approximate surface area is 93.8 Å². The highest BCUT2D eigenvalue weighted by Crippen LogP contribution is 2.33. The van der Waals surface area contributed by atoms with Crippen LogP contribution in [0.25, 0.3) is 0 Å². The number of hydrogen-bond acceptors (Lipinski definition) is 1. The molecule has 1 aromatic carbocycles. The Bertz CT molecular complexity index is 376. The minimum absolute atomic E-state index is 0.228. The second-order valence-electron chi connectivity index (χ2n) is 3.24. The summed E-state index contributed by atoms with van der Waals surface area (Å²) in [6, 6.07) is 0. The van der Waals surface area contributed by atoms with Crippen LogP contribution in [0.1, 0.15) is 20.3 Å². The molecule has 1 rings (SSSR count). The quantitative estimate of drug-likeness (QED) is 0.337. The molecule has 0 aliphatic heterocycles. The third-order valence-corrected chi connectivity index (χ3v) is 3.39. The Morgan fingerprint density at radius 3 is 1.62 bits per heavy atom. The van der Waals surface area contributed by atoms with Crippen molar-refractivity contribution in [3.63, 3.8) is 0 Å². The summed E-state index contributed by atoms with van der Waals surface area (Å²) in [5.74, 6) is -9.44. The van der Waals surface area contributed by atoms with Crippen LogP contribution in [-0.2, 0) is 0 Å². The molecule has 0 spiro atoms. The number of thioether (sulfide) groups is 1. The zero-order valence-corrected chi connectivity index (χ0v) is 9.40. The van der Waals surface area contributed by atoms with Crippen LogP contribution in [0.3, 0.4) is 0 Å². The van der Waals surface area contributed by atoms with Crippen LogP contribution in [0, 0.1) is 29.1 Å². The summed E-state index contributed by atoms with van der Waals surface area (Å²) in [5, 5.41) is -0.228. The fourth-order valence-electron chi connectivity index (χ4n) is 0.973. The first-order chi connectivity index (χ1) is 7.40. The average Bonchev–Trinajstić information content (AvgIpc) is 2.29. The predicted octanol–water partition coefficient (Wildman–Crippen LogP) is 4.27. The largest absolute Gasteiger partial charge is 0.202 e. The smallest absolute Gasteiger partial charge is 0.200 e. The van der Waals surface area contributed by atoms with Crippen molar-refractivity contribution in [3.05, 3.63) is 29.1 Å². The number of rotatable bonds is 3. The maximum Gasteiger partial charge on any atom is 0.200 e. The van der Waals surface area contributed by atoms with Crippen LogP contribution in [0.15, 0.2) is 4.90 Å².